The SMILES string of the molecule is CN(CC(N)=O)C(=O)C(C)(C)C1CCCNC1. The van der Waals surface area contributed by atoms with Gasteiger partial charge in [-0.3, -0.25) is 9.59 Å². The predicted octanol–water partition coefficient (Wildman–Crippen LogP) is -0.0441. The Hall–Kier alpha value is -1.10. The van der Waals surface area contributed by atoms with Crippen molar-refractivity contribution in [2.24, 2.45) is 17.1 Å². The van der Waals surface area contributed by atoms with E-state index in [4.69, 9.17) is 5.73 Å². The fraction of sp³-hybridized carbons (Fsp3) is 0.833. The van der Waals surface area contributed by atoms with Gasteiger partial charge < -0.3 is 16.0 Å². The number of carbonyl (C=O) groups is 2. The van der Waals surface area contributed by atoms with Crippen molar-refractivity contribution in [3.05, 3.63) is 0 Å². The highest BCUT2D eigenvalue weighted by molar-refractivity contribution is 5.86. The van der Waals surface area contributed by atoms with E-state index in [0.717, 1.165) is 25.9 Å². The highest BCUT2D eigenvalue weighted by Crippen LogP contribution is 2.33. The van der Waals surface area contributed by atoms with Gasteiger partial charge in [0.1, 0.15) is 0 Å². The van der Waals surface area contributed by atoms with Crippen LogP contribution in [0.2, 0.25) is 0 Å². The van der Waals surface area contributed by atoms with Gasteiger partial charge in [-0.2, -0.15) is 0 Å². The van der Waals surface area contributed by atoms with Crippen LogP contribution >= 0.6 is 0 Å². The monoisotopic (exact) mass is 241 g/mol. The van der Waals surface area contributed by atoms with E-state index in [9.17, 15) is 9.59 Å². The Bertz CT molecular complexity index is 296. The maximum atomic E-state index is 12.3. The van der Waals surface area contributed by atoms with Crippen LogP contribution in [0.1, 0.15) is 26.7 Å². The van der Waals surface area contributed by atoms with Crippen molar-refractivity contribution in [2.75, 3.05) is 26.7 Å². The number of rotatable bonds is 4. The standard InChI is InChI=1S/C12H23N3O2/c1-12(2,9-5-4-6-14-7-9)11(17)15(3)8-10(13)16/h9,14H,4-8H2,1-3H3,(H2,13,16). The van der Waals surface area contributed by atoms with Crippen molar-refractivity contribution in [2.45, 2.75) is 26.7 Å². The quantitative estimate of drug-likeness (QED) is 0.725. The summed E-state index contributed by atoms with van der Waals surface area (Å²) in [4.78, 5) is 24.6. The molecular weight excluding hydrogens is 218 g/mol. The zero-order valence-electron chi connectivity index (χ0n) is 11.0. The second kappa shape index (κ2) is 5.49. The molecule has 1 heterocycles. The second-order valence-corrected chi connectivity index (χ2v) is 5.39. The topological polar surface area (TPSA) is 75.4 Å². The Labute approximate surface area is 103 Å². The maximum absolute atomic E-state index is 12.3. The molecule has 1 saturated heterocycles. The van der Waals surface area contributed by atoms with Crippen molar-refractivity contribution in [3.8, 4) is 0 Å². The van der Waals surface area contributed by atoms with Gasteiger partial charge in [0, 0.05) is 12.5 Å². The molecule has 1 unspecified atom stereocenters. The molecule has 0 spiro atoms. The molecule has 0 aliphatic carbocycles. The molecule has 3 N–H and O–H groups in total. The van der Waals surface area contributed by atoms with Gasteiger partial charge in [0.2, 0.25) is 11.8 Å². The number of hydrogen-bond acceptors (Lipinski definition) is 3. The summed E-state index contributed by atoms with van der Waals surface area (Å²) in [6, 6.07) is 0. The van der Waals surface area contributed by atoms with E-state index in [1.54, 1.807) is 7.05 Å². The van der Waals surface area contributed by atoms with Crippen LogP contribution in [0.4, 0.5) is 0 Å². The minimum absolute atomic E-state index is 0.00926. The van der Waals surface area contributed by atoms with E-state index in [1.807, 2.05) is 13.8 Å². The van der Waals surface area contributed by atoms with Gasteiger partial charge in [0.25, 0.3) is 0 Å². The summed E-state index contributed by atoms with van der Waals surface area (Å²) in [5.74, 6) is -0.164. The van der Waals surface area contributed by atoms with Crippen LogP contribution < -0.4 is 11.1 Å². The zero-order chi connectivity index (χ0) is 13.1. The van der Waals surface area contributed by atoms with Crippen LogP contribution in [0.15, 0.2) is 0 Å². The molecule has 0 aromatic heterocycles. The number of amides is 2. The number of nitrogens with two attached hydrogens (primary N) is 1. The van der Waals surface area contributed by atoms with Gasteiger partial charge in [-0.05, 0) is 31.8 Å². The predicted molar refractivity (Wildman–Crippen MR) is 66.2 cm³/mol. The lowest BCUT2D eigenvalue weighted by atomic mass is 9.74. The van der Waals surface area contributed by atoms with Gasteiger partial charge in [-0.15, -0.1) is 0 Å². The summed E-state index contributed by atoms with van der Waals surface area (Å²) < 4.78 is 0. The van der Waals surface area contributed by atoms with E-state index in [2.05, 4.69) is 5.32 Å². The van der Waals surface area contributed by atoms with E-state index in [-0.39, 0.29) is 12.5 Å². The van der Waals surface area contributed by atoms with Crippen molar-refractivity contribution < 1.29 is 9.59 Å². The third kappa shape index (κ3) is 3.43. The Morgan fingerprint density at radius 2 is 2.12 bits per heavy atom. The number of carbonyl (C=O) groups excluding carboxylic acids is 2. The van der Waals surface area contributed by atoms with Gasteiger partial charge in [-0.1, -0.05) is 13.8 Å². The van der Waals surface area contributed by atoms with Crippen LogP contribution in [-0.4, -0.2) is 43.4 Å². The zero-order valence-corrected chi connectivity index (χ0v) is 11.0. The molecule has 0 radical (unpaired) electrons. The minimum atomic E-state index is -0.474. The summed E-state index contributed by atoms with van der Waals surface area (Å²) in [5, 5.41) is 3.31. The van der Waals surface area contributed by atoms with Crippen LogP contribution in [0.25, 0.3) is 0 Å². The average Bonchev–Trinajstić information content (AvgIpc) is 2.28. The molecule has 1 fully saturated rings. The lowest BCUT2D eigenvalue weighted by molar-refractivity contribution is -0.144. The Kier molecular flexibility index (Phi) is 4.51. The van der Waals surface area contributed by atoms with Crippen LogP contribution in [-0.2, 0) is 9.59 Å². The number of likely N-dealkylation sites (N-methyl/N-ethyl adjacent to an activating group) is 1. The number of piperidine rings is 1. The summed E-state index contributed by atoms with van der Waals surface area (Å²) in [6.07, 6.45) is 2.15. The average molecular weight is 241 g/mol. The highest BCUT2D eigenvalue weighted by Gasteiger charge is 2.39. The van der Waals surface area contributed by atoms with Crippen LogP contribution in [0.3, 0.4) is 0 Å². The summed E-state index contributed by atoms with van der Waals surface area (Å²) in [6.45, 7) is 5.78. The van der Waals surface area contributed by atoms with Gasteiger partial charge in [0.15, 0.2) is 0 Å². The first-order chi connectivity index (χ1) is 7.85. The first-order valence-corrected chi connectivity index (χ1v) is 6.10. The molecular formula is C12H23N3O2. The number of nitrogens with zero attached hydrogens (tertiary/aromatic N) is 1. The lowest BCUT2D eigenvalue weighted by Crippen LogP contribution is -2.49. The molecule has 2 amide bonds. The molecule has 0 aromatic rings. The third-order valence-corrected chi connectivity index (χ3v) is 3.61. The Morgan fingerprint density at radius 1 is 1.47 bits per heavy atom. The van der Waals surface area contributed by atoms with Crippen molar-refractivity contribution in [1.29, 1.82) is 0 Å². The third-order valence-electron chi connectivity index (χ3n) is 3.61. The van der Waals surface area contributed by atoms with E-state index in [1.165, 1.54) is 4.90 Å². The molecule has 1 atom stereocenters. The normalized spacial score (nSPS) is 21.0. The smallest absolute Gasteiger partial charge is 0.237 e. The highest BCUT2D eigenvalue weighted by atomic mass is 16.2. The molecule has 1 rings (SSSR count). The Morgan fingerprint density at radius 3 is 2.59 bits per heavy atom. The molecule has 0 bridgehead atoms. The van der Waals surface area contributed by atoms with Crippen molar-refractivity contribution >= 4 is 11.8 Å². The fourth-order valence-corrected chi connectivity index (χ4v) is 2.44. The first-order valence-electron chi connectivity index (χ1n) is 6.10. The molecule has 5 heteroatoms. The van der Waals surface area contributed by atoms with Crippen molar-refractivity contribution in [3.63, 3.8) is 0 Å². The summed E-state index contributed by atoms with van der Waals surface area (Å²) >= 11 is 0. The Balaban J connectivity index is 2.67. The molecule has 1 aliphatic heterocycles. The number of hydrogen-bond donors (Lipinski definition) is 2. The van der Waals surface area contributed by atoms with E-state index >= 15 is 0 Å². The molecule has 0 saturated carbocycles. The molecule has 98 valence electrons. The maximum Gasteiger partial charge on any atom is 0.237 e. The lowest BCUT2D eigenvalue weighted by Gasteiger charge is -2.38. The minimum Gasteiger partial charge on any atom is -0.368 e. The first kappa shape index (κ1) is 14.0. The summed E-state index contributed by atoms with van der Waals surface area (Å²) in [7, 11) is 1.63. The van der Waals surface area contributed by atoms with Crippen LogP contribution in [0.5, 0.6) is 0 Å². The number of primary amides is 1. The number of nitrogens with one attached hydrogen (secondary N) is 1. The van der Waals surface area contributed by atoms with E-state index < -0.39 is 11.3 Å². The fourth-order valence-electron chi connectivity index (χ4n) is 2.44. The summed E-state index contributed by atoms with van der Waals surface area (Å²) in [5.41, 5.74) is 4.66. The second-order valence-electron chi connectivity index (χ2n) is 5.39. The van der Waals surface area contributed by atoms with E-state index in [0.29, 0.717) is 5.92 Å². The van der Waals surface area contributed by atoms with Gasteiger partial charge in [-0.25, -0.2) is 0 Å². The molecule has 0 aromatic carbocycles. The molecule has 5 nitrogen and oxygen atoms in total. The van der Waals surface area contributed by atoms with Gasteiger partial charge >= 0.3 is 0 Å². The molecule has 17 heavy (non-hydrogen) atoms. The van der Waals surface area contributed by atoms with Crippen molar-refractivity contribution in [1.82, 2.24) is 10.2 Å². The van der Waals surface area contributed by atoms with Gasteiger partial charge in [0.05, 0.1) is 6.54 Å². The molecule has 1 aliphatic rings. The van der Waals surface area contributed by atoms with Crippen LogP contribution in [0, 0.1) is 11.3 Å². The largest absolute Gasteiger partial charge is 0.368 e.